The standard InChI is InChI=1S/C21H47NO13P3/c1-7-27-36(23,28-8-2)33-16-13-22(19-21-20-26-21,14-17-34-37(24,29-9-3)30-10-4)15-18-35-38(25,31-11-5)32-12-6/h21H,7-20H2,1-6H3/q+1. The smallest absolute Gasteiger partial charge is 0.367 e. The Morgan fingerprint density at radius 3 is 1.03 bits per heavy atom. The molecule has 0 saturated carbocycles. The van der Waals surface area contributed by atoms with Crippen molar-refractivity contribution in [1.82, 2.24) is 0 Å². The first-order valence-electron chi connectivity index (χ1n) is 13.1. The summed E-state index contributed by atoms with van der Waals surface area (Å²) in [5.74, 6) is 0. The van der Waals surface area contributed by atoms with E-state index >= 15 is 0 Å². The first-order valence-corrected chi connectivity index (χ1v) is 17.5. The van der Waals surface area contributed by atoms with E-state index in [-0.39, 0.29) is 70.0 Å². The fourth-order valence-corrected chi connectivity index (χ4v) is 7.02. The highest BCUT2D eigenvalue weighted by molar-refractivity contribution is 7.49. The van der Waals surface area contributed by atoms with Crippen molar-refractivity contribution in [2.45, 2.75) is 47.6 Å². The van der Waals surface area contributed by atoms with Crippen LogP contribution in [0, 0.1) is 0 Å². The van der Waals surface area contributed by atoms with Crippen molar-refractivity contribution in [3.63, 3.8) is 0 Å². The number of phosphoric acid groups is 3. The summed E-state index contributed by atoms with van der Waals surface area (Å²) in [6, 6.07) is 0. The Morgan fingerprint density at radius 1 is 0.553 bits per heavy atom. The van der Waals surface area contributed by atoms with Crippen molar-refractivity contribution in [2.75, 3.05) is 92.2 Å². The van der Waals surface area contributed by atoms with Crippen LogP contribution in [0.3, 0.4) is 0 Å². The maximum absolute atomic E-state index is 12.8. The van der Waals surface area contributed by atoms with Crippen LogP contribution in [0.1, 0.15) is 41.5 Å². The Kier molecular flexibility index (Phi) is 17.8. The lowest BCUT2D eigenvalue weighted by Gasteiger charge is -2.38. The zero-order chi connectivity index (χ0) is 28.5. The highest BCUT2D eigenvalue weighted by Crippen LogP contribution is 2.51. The molecule has 1 fully saturated rings. The van der Waals surface area contributed by atoms with Gasteiger partial charge in [-0.2, -0.15) is 0 Å². The van der Waals surface area contributed by atoms with Crippen LogP contribution < -0.4 is 0 Å². The average Bonchev–Trinajstić information content (AvgIpc) is 3.63. The van der Waals surface area contributed by atoms with E-state index in [1.165, 1.54) is 0 Å². The third-order valence-corrected chi connectivity index (χ3v) is 10.1. The predicted molar refractivity (Wildman–Crippen MR) is 140 cm³/mol. The maximum atomic E-state index is 12.8. The molecule has 0 aromatic heterocycles. The molecule has 0 N–H and O–H groups in total. The van der Waals surface area contributed by atoms with E-state index in [0.717, 1.165) is 0 Å². The van der Waals surface area contributed by atoms with Crippen LogP contribution in [-0.4, -0.2) is 103 Å². The second kappa shape index (κ2) is 18.6. The number of rotatable bonds is 26. The zero-order valence-corrected chi connectivity index (χ0v) is 26.3. The minimum absolute atomic E-state index is 0.00710. The molecule has 1 atom stereocenters. The SMILES string of the molecule is CCOP(=O)(OCC)OCC[N+](CCOP(=O)(OCC)OCC)(CCOP(=O)(OCC)OCC)CC1CO1. The summed E-state index contributed by atoms with van der Waals surface area (Å²) in [5.41, 5.74) is 0. The number of nitrogens with zero attached hydrogens (tertiary/aromatic N) is 1. The highest BCUT2D eigenvalue weighted by Gasteiger charge is 2.40. The summed E-state index contributed by atoms with van der Waals surface area (Å²) < 4.78 is 92.3. The molecular formula is C21H47NO13P3+. The third kappa shape index (κ3) is 14.2. The number of quaternary nitrogens is 1. The quantitative estimate of drug-likeness (QED) is 0.0748. The Balaban J connectivity index is 3.05. The molecule has 1 unspecified atom stereocenters. The van der Waals surface area contributed by atoms with Crippen LogP contribution in [0.25, 0.3) is 0 Å². The predicted octanol–water partition coefficient (Wildman–Crippen LogP) is 4.80. The van der Waals surface area contributed by atoms with E-state index < -0.39 is 23.5 Å². The second-order valence-corrected chi connectivity index (χ2v) is 13.0. The van der Waals surface area contributed by atoms with E-state index in [1.807, 2.05) is 0 Å². The highest BCUT2D eigenvalue weighted by atomic mass is 31.2. The first kappa shape index (κ1) is 36.3. The molecule has 1 rings (SSSR count). The summed E-state index contributed by atoms with van der Waals surface area (Å²) in [5, 5.41) is 0. The van der Waals surface area contributed by atoms with Gasteiger partial charge in [-0.15, -0.1) is 0 Å². The van der Waals surface area contributed by atoms with Crippen molar-refractivity contribution >= 4 is 23.5 Å². The van der Waals surface area contributed by atoms with Crippen molar-refractivity contribution in [2.24, 2.45) is 0 Å². The summed E-state index contributed by atoms with van der Waals surface area (Å²) >= 11 is 0. The van der Waals surface area contributed by atoms with Crippen LogP contribution in [0.2, 0.25) is 0 Å². The summed E-state index contributed by atoms with van der Waals surface area (Å²) in [6.45, 7) is 13.2. The number of ether oxygens (including phenoxy) is 1. The first-order chi connectivity index (χ1) is 18.1. The molecule has 0 radical (unpaired) electrons. The molecule has 228 valence electrons. The lowest BCUT2D eigenvalue weighted by atomic mass is 10.2. The molecule has 0 aromatic rings. The Labute approximate surface area is 227 Å². The van der Waals surface area contributed by atoms with Crippen molar-refractivity contribution in [3.05, 3.63) is 0 Å². The summed E-state index contributed by atoms with van der Waals surface area (Å²) in [4.78, 5) is 0. The zero-order valence-electron chi connectivity index (χ0n) is 23.6. The number of epoxide rings is 1. The number of hydrogen-bond donors (Lipinski definition) is 0. The van der Waals surface area contributed by atoms with Gasteiger partial charge in [0.15, 0.2) is 0 Å². The van der Waals surface area contributed by atoms with Crippen LogP contribution >= 0.6 is 23.5 Å². The number of phosphoric ester groups is 3. The molecule has 0 amide bonds. The second-order valence-electron chi connectivity index (χ2n) is 8.00. The topological polar surface area (TPSA) is 147 Å². The molecule has 38 heavy (non-hydrogen) atoms. The van der Waals surface area contributed by atoms with Crippen LogP contribution in [-0.2, 0) is 59.1 Å². The Bertz CT molecular complexity index is 665. The molecule has 14 nitrogen and oxygen atoms in total. The van der Waals surface area contributed by atoms with Crippen molar-refractivity contribution in [1.29, 1.82) is 0 Å². The van der Waals surface area contributed by atoms with Gasteiger partial charge in [-0.25, -0.2) is 13.7 Å². The molecule has 0 spiro atoms. The Morgan fingerprint density at radius 2 is 0.816 bits per heavy atom. The monoisotopic (exact) mass is 614 g/mol. The summed E-state index contributed by atoms with van der Waals surface area (Å²) in [7, 11) is -11.2. The fraction of sp³-hybridized carbons (Fsp3) is 1.00. The van der Waals surface area contributed by atoms with Crippen LogP contribution in [0.15, 0.2) is 0 Å². The van der Waals surface area contributed by atoms with Gasteiger partial charge in [0.1, 0.15) is 52.1 Å². The Hall–Kier alpha value is 0.250. The van der Waals surface area contributed by atoms with E-state index in [2.05, 4.69) is 0 Å². The van der Waals surface area contributed by atoms with Crippen LogP contribution in [0.4, 0.5) is 0 Å². The average molecular weight is 615 g/mol. The van der Waals surface area contributed by atoms with Gasteiger partial charge in [0.2, 0.25) is 0 Å². The lowest BCUT2D eigenvalue weighted by molar-refractivity contribution is -0.928. The van der Waals surface area contributed by atoms with Gasteiger partial charge in [-0.1, -0.05) is 0 Å². The van der Waals surface area contributed by atoms with Gasteiger partial charge in [0.25, 0.3) is 0 Å². The third-order valence-electron chi connectivity index (χ3n) is 5.16. The van der Waals surface area contributed by atoms with E-state index in [9.17, 15) is 13.7 Å². The molecule has 1 saturated heterocycles. The van der Waals surface area contributed by atoms with Gasteiger partial charge in [0.05, 0.1) is 46.2 Å². The maximum Gasteiger partial charge on any atom is 0.474 e. The van der Waals surface area contributed by atoms with Crippen molar-refractivity contribution < 1.29 is 63.6 Å². The van der Waals surface area contributed by atoms with E-state index in [0.29, 0.717) is 32.8 Å². The van der Waals surface area contributed by atoms with E-state index in [1.54, 1.807) is 41.5 Å². The van der Waals surface area contributed by atoms with Gasteiger partial charge in [0, 0.05) is 0 Å². The molecule has 0 bridgehead atoms. The number of hydrogen-bond acceptors (Lipinski definition) is 13. The van der Waals surface area contributed by atoms with Crippen LogP contribution in [0.5, 0.6) is 0 Å². The minimum Gasteiger partial charge on any atom is -0.367 e. The van der Waals surface area contributed by atoms with Crippen molar-refractivity contribution in [3.8, 4) is 0 Å². The van der Waals surface area contributed by atoms with Gasteiger partial charge in [-0.05, 0) is 41.5 Å². The minimum atomic E-state index is -3.74. The fourth-order valence-electron chi connectivity index (χ4n) is 3.54. The molecular weight excluding hydrogens is 567 g/mol. The molecule has 1 heterocycles. The molecule has 0 aromatic carbocycles. The molecule has 1 aliphatic heterocycles. The largest absolute Gasteiger partial charge is 0.474 e. The molecule has 0 aliphatic carbocycles. The van der Waals surface area contributed by atoms with Gasteiger partial charge in [-0.3, -0.25) is 40.7 Å². The van der Waals surface area contributed by atoms with Gasteiger partial charge >= 0.3 is 23.5 Å². The lowest BCUT2D eigenvalue weighted by Crippen LogP contribution is -2.55. The van der Waals surface area contributed by atoms with Gasteiger partial charge < -0.3 is 9.22 Å². The molecule has 1 aliphatic rings. The normalized spacial score (nSPS) is 16.7. The molecule has 17 heteroatoms. The summed E-state index contributed by atoms with van der Waals surface area (Å²) in [6.07, 6.45) is -0.0308. The van der Waals surface area contributed by atoms with E-state index in [4.69, 9.17) is 45.5 Å².